The van der Waals surface area contributed by atoms with Crippen molar-refractivity contribution in [2.24, 2.45) is 0 Å². The molecular weight excluding hydrogens is 410 g/mol. The van der Waals surface area contributed by atoms with E-state index in [4.69, 9.17) is 4.74 Å². The highest BCUT2D eigenvalue weighted by molar-refractivity contribution is 5.79. The number of carbonyl (C=O) groups excluding carboxylic acids is 1. The highest BCUT2D eigenvalue weighted by Gasteiger charge is 2.28. The maximum Gasteiger partial charge on any atom is 0.407 e. The summed E-state index contributed by atoms with van der Waals surface area (Å²) in [7, 11) is 0. The topological polar surface area (TPSA) is 67.0 Å². The molecule has 4 aromatic rings. The lowest BCUT2D eigenvalue weighted by Gasteiger charge is -2.14. The van der Waals surface area contributed by atoms with Crippen LogP contribution < -0.4 is 5.32 Å². The van der Waals surface area contributed by atoms with Crippen LogP contribution in [0, 0.1) is 11.8 Å². The van der Waals surface area contributed by atoms with Crippen LogP contribution in [0.1, 0.15) is 29.0 Å². The van der Waals surface area contributed by atoms with Gasteiger partial charge in [-0.3, -0.25) is 0 Å². The average Bonchev–Trinajstić information content (AvgIpc) is 3.50. The third-order valence-corrected chi connectivity index (χ3v) is 5.79. The number of H-pyrrole nitrogens is 1. The van der Waals surface area contributed by atoms with Gasteiger partial charge in [0.25, 0.3) is 0 Å². The lowest BCUT2D eigenvalue weighted by molar-refractivity contribution is 0.143. The number of alkyl carbamates (subject to hydrolysis) is 1. The summed E-state index contributed by atoms with van der Waals surface area (Å²) in [6.45, 7) is 0.754. The van der Waals surface area contributed by atoms with Crippen molar-refractivity contribution in [3.8, 4) is 34.2 Å². The number of nitrogens with zero attached hydrogens (tertiary/aromatic N) is 1. The molecule has 0 aliphatic heterocycles. The maximum absolute atomic E-state index is 12.2. The number of benzene rings is 3. The van der Waals surface area contributed by atoms with Gasteiger partial charge >= 0.3 is 6.09 Å². The molecule has 1 heterocycles. The lowest BCUT2D eigenvalue weighted by Crippen LogP contribution is -2.26. The summed E-state index contributed by atoms with van der Waals surface area (Å²) in [4.78, 5) is 19.3. The summed E-state index contributed by atoms with van der Waals surface area (Å²) >= 11 is 0. The minimum atomic E-state index is -0.414. The highest BCUT2D eigenvalue weighted by atomic mass is 16.5. The molecule has 0 saturated carbocycles. The van der Waals surface area contributed by atoms with Gasteiger partial charge in [0.15, 0.2) is 0 Å². The first-order valence-electron chi connectivity index (χ1n) is 11.0. The number of hydrogen-bond donors (Lipinski definition) is 2. The van der Waals surface area contributed by atoms with Crippen molar-refractivity contribution in [2.75, 3.05) is 13.2 Å². The Kier molecular flexibility index (Phi) is 5.90. The second-order valence-electron chi connectivity index (χ2n) is 7.85. The Morgan fingerprint density at radius 3 is 2.33 bits per heavy atom. The van der Waals surface area contributed by atoms with Crippen molar-refractivity contribution in [1.29, 1.82) is 0 Å². The number of nitrogens with one attached hydrogen (secondary N) is 2. The van der Waals surface area contributed by atoms with Crippen LogP contribution in [0.25, 0.3) is 22.4 Å². The van der Waals surface area contributed by atoms with Crippen LogP contribution >= 0.6 is 0 Å². The predicted molar refractivity (Wildman–Crippen MR) is 129 cm³/mol. The van der Waals surface area contributed by atoms with Crippen LogP contribution in [0.3, 0.4) is 0 Å². The molecule has 1 amide bonds. The van der Waals surface area contributed by atoms with E-state index < -0.39 is 6.09 Å². The molecule has 0 saturated heterocycles. The first kappa shape index (κ1) is 20.6. The van der Waals surface area contributed by atoms with Gasteiger partial charge in [0, 0.05) is 24.4 Å². The SMILES string of the molecule is O=C(NCCC#Cc1ccc(-c2cnc[nH]2)cc1)OCC1c2ccccc2-c2ccccc21. The van der Waals surface area contributed by atoms with Crippen molar-refractivity contribution in [3.05, 3.63) is 102 Å². The van der Waals surface area contributed by atoms with Gasteiger partial charge in [0.05, 0.1) is 18.2 Å². The normalized spacial score (nSPS) is 11.8. The Morgan fingerprint density at radius 1 is 0.970 bits per heavy atom. The number of amides is 1. The Hall–Kier alpha value is -4.30. The van der Waals surface area contributed by atoms with E-state index in [0.29, 0.717) is 19.6 Å². The highest BCUT2D eigenvalue weighted by Crippen LogP contribution is 2.44. The Bertz CT molecular complexity index is 1270. The van der Waals surface area contributed by atoms with Crippen molar-refractivity contribution >= 4 is 6.09 Å². The van der Waals surface area contributed by atoms with Gasteiger partial charge in [0.2, 0.25) is 0 Å². The number of imidazole rings is 1. The molecule has 0 radical (unpaired) electrons. The quantitative estimate of drug-likeness (QED) is 0.329. The smallest absolute Gasteiger partial charge is 0.407 e. The molecule has 2 N–H and O–H groups in total. The van der Waals surface area contributed by atoms with Crippen LogP contribution in [0.4, 0.5) is 4.79 Å². The summed E-state index contributed by atoms with van der Waals surface area (Å²) in [5, 5.41) is 2.79. The fraction of sp³-hybridized carbons (Fsp3) is 0.143. The van der Waals surface area contributed by atoms with Gasteiger partial charge in [0.1, 0.15) is 6.61 Å². The molecule has 0 fully saturated rings. The summed E-state index contributed by atoms with van der Waals surface area (Å²) in [6, 6.07) is 24.6. The van der Waals surface area contributed by atoms with Gasteiger partial charge in [-0.1, -0.05) is 72.5 Å². The van der Waals surface area contributed by atoms with E-state index in [9.17, 15) is 4.79 Å². The van der Waals surface area contributed by atoms with Gasteiger partial charge < -0.3 is 15.0 Å². The predicted octanol–water partition coefficient (Wildman–Crippen LogP) is 5.36. The monoisotopic (exact) mass is 433 g/mol. The van der Waals surface area contributed by atoms with Crippen LogP contribution in [0.15, 0.2) is 85.3 Å². The van der Waals surface area contributed by atoms with Crippen molar-refractivity contribution in [2.45, 2.75) is 12.3 Å². The number of hydrogen-bond acceptors (Lipinski definition) is 3. The minimum Gasteiger partial charge on any atom is -0.449 e. The number of rotatable bonds is 5. The first-order valence-corrected chi connectivity index (χ1v) is 11.0. The molecular formula is C28H23N3O2. The Balaban J connectivity index is 1.10. The molecule has 0 bridgehead atoms. The molecule has 3 aromatic carbocycles. The molecule has 5 heteroatoms. The third-order valence-electron chi connectivity index (χ3n) is 5.79. The lowest BCUT2D eigenvalue weighted by atomic mass is 9.98. The van der Waals surface area contributed by atoms with E-state index >= 15 is 0 Å². The summed E-state index contributed by atoms with van der Waals surface area (Å²) in [5.41, 5.74) is 7.81. The number of aromatic nitrogens is 2. The second kappa shape index (κ2) is 9.46. The Labute approximate surface area is 192 Å². The summed E-state index contributed by atoms with van der Waals surface area (Å²) < 4.78 is 5.55. The van der Waals surface area contributed by atoms with Gasteiger partial charge in [-0.2, -0.15) is 0 Å². The van der Waals surface area contributed by atoms with E-state index in [-0.39, 0.29) is 5.92 Å². The standard InChI is InChI=1S/C28H23N3O2/c32-28(30-16-6-5-7-20-12-14-21(15-13-20)27-17-29-19-31-27)33-18-26-24-10-3-1-8-22(24)23-9-2-4-11-25(23)26/h1-4,8-15,17,19,26H,6,16,18H2,(H,29,31)(H,30,32). The number of aromatic amines is 1. The van der Waals surface area contributed by atoms with E-state index in [2.05, 4.69) is 51.4 Å². The third kappa shape index (κ3) is 4.51. The van der Waals surface area contributed by atoms with Crippen LogP contribution in [-0.2, 0) is 4.74 Å². The number of ether oxygens (including phenoxy) is 1. The largest absolute Gasteiger partial charge is 0.449 e. The fourth-order valence-corrected chi connectivity index (χ4v) is 4.19. The van der Waals surface area contributed by atoms with Crippen molar-refractivity contribution in [1.82, 2.24) is 15.3 Å². The molecule has 5 rings (SSSR count). The molecule has 0 atom stereocenters. The zero-order valence-electron chi connectivity index (χ0n) is 18.0. The fourth-order valence-electron chi connectivity index (χ4n) is 4.19. The van der Waals surface area contributed by atoms with Gasteiger partial charge in [-0.25, -0.2) is 9.78 Å². The average molecular weight is 434 g/mol. The molecule has 1 aliphatic rings. The van der Waals surface area contributed by atoms with Crippen LogP contribution in [0.2, 0.25) is 0 Å². The first-order chi connectivity index (χ1) is 16.3. The number of carbonyl (C=O) groups is 1. The zero-order valence-corrected chi connectivity index (χ0v) is 18.0. The van der Waals surface area contributed by atoms with Crippen LogP contribution in [0.5, 0.6) is 0 Å². The van der Waals surface area contributed by atoms with E-state index in [1.807, 2.05) is 48.5 Å². The molecule has 162 valence electrons. The van der Waals surface area contributed by atoms with E-state index in [1.165, 1.54) is 22.3 Å². The molecule has 33 heavy (non-hydrogen) atoms. The minimum absolute atomic E-state index is 0.0627. The molecule has 0 spiro atoms. The summed E-state index contributed by atoms with van der Waals surface area (Å²) in [6.07, 6.45) is 3.58. The van der Waals surface area contributed by atoms with E-state index in [0.717, 1.165) is 16.8 Å². The zero-order chi connectivity index (χ0) is 22.5. The molecule has 5 nitrogen and oxygen atoms in total. The van der Waals surface area contributed by atoms with Crippen LogP contribution in [-0.4, -0.2) is 29.2 Å². The van der Waals surface area contributed by atoms with Crippen molar-refractivity contribution < 1.29 is 9.53 Å². The summed E-state index contributed by atoms with van der Waals surface area (Å²) in [5.74, 6) is 6.28. The van der Waals surface area contributed by atoms with E-state index in [1.54, 1.807) is 12.5 Å². The van der Waals surface area contributed by atoms with Gasteiger partial charge in [-0.15, -0.1) is 0 Å². The van der Waals surface area contributed by atoms with Gasteiger partial charge in [-0.05, 0) is 39.9 Å². The number of fused-ring (bicyclic) bond motifs is 3. The molecule has 1 aromatic heterocycles. The Morgan fingerprint density at radius 2 is 1.67 bits per heavy atom. The molecule has 0 unspecified atom stereocenters. The maximum atomic E-state index is 12.2. The van der Waals surface area contributed by atoms with Crippen molar-refractivity contribution in [3.63, 3.8) is 0 Å². The molecule has 1 aliphatic carbocycles. The second-order valence-corrected chi connectivity index (χ2v) is 7.85.